The molecule has 0 saturated carbocycles. The van der Waals surface area contributed by atoms with Gasteiger partial charge in [-0.25, -0.2) is 14.4 Å². The van der Waals surface area contributed by atoms with E-state index >= 15 is 0 Å². The van der Waals surface area contributed by atoms with Crippen molar-refractivity contribution in [3.05, 3.63) is 62.8 Å². The molecule has 6 nitrogen and oxygen atoms in total. The standard InChI is InChI=1S/C18H16FN3O3S2/c1-2-25-16(23)8-12-9-27-18(20-12)22-17(24)14-10-26-15(21-14)7-11-5-3-4-6-13(11)19/h3-6,9-10H,2,7-8H2,1H3,(H,20,22,24). The lowest BCUT2D eigenvalue weighted by Crippen LogP contribution is -2.13. The molecular formula is C18H16FN3O3S2. The number of anilines is 1. The van der Waals surface area contributed by atoms with Gasteiger partial charge in [0.15, 0.2) is 5.13 Å². The molecule has 2 heterocycles. The third-order valence-electron chi connectivity index (χ3n) is 3.49. The average molecular weight is 405 g/mol. The SMILES string of the molecule is CCOC(=O)Cc1csc(NC(=O)c2csc(Cc3ccccc3F)n2)n1. The van der Waals surface area contributed by atoms with Gasteiger partial charge in [0.05, 0.1) is 23.7 Å². The number of hydrogen-bond acceptors (Lipinski definition) is 7. The average Bonchev–Trinajstić information content (AvgIpc) is 3.27. The number of hydrogen-bond donors (Lipinski definition) is 1. The molecule has 0 aliphatic heterocycles. The third kappa shape index (κ3) is 5.18. The summed E-state index contributed by atoms with van der Waals surface area (Å²) in [6, 6.07) is 6.48. The molecule has 0 bridgehead atoms. The molecule has 0 saturated heterocycles. The van der Waals surface area contributed by atoms with Crippen LogP contribution in [0.1, 0.15) is 33.7 Å². The highest BCUT2D eigenvalue weighted by molar-refractivity contribution is 7.14. The lowest BCUT2D eigenvalue weighted by Gasteiger charge is -2.00. The molecule has 3 rings (SSSR count). The summed E-state index contributed by atoms with van der Waals surface area (Å²) >= 11 is 2.51. The summed E-state index contributed by atoms with van der Waals surface area (Å²) in [5.41, 5.74) is 1.31. The van der Waals surface area contributed by atoms with Crippen molar-refractivity contribution in [3.63, 3.8) is 0 Å². The number of carbonyl (C=O) groups excluding carboxylic acids is 2. The van der Waals surface area contributed by atoms with E-state index in [4.69, 9.17) is 4.74 Å². The molecule has 0 radical (unpaired) electrons. The zero-order valence-corrected chi connectivity index (χ0v) is 16.0. The molecule has 1 amide bonds. The minimum Gasteiger partial charge on any atom is -0.466 e. The van der Waals surface area contributed by atoms with Crippen molar-refractivity contribution >= 4 is 39.7 Å². The zero-order chi connectivity index (χ0) is 19.2. The van der Waals surface area contributed by atoms with E-state index in [1.54, 1.807) is 35.9 Å². The Bertz CT molecular complexity index is 955. The molecule has 0 fully saturated rings. The molecule has 0 spiro atoms. The van der Waals surface area contributed by atoms with Gasteiger partial charge in [0.25, 0.3) is 5.91 Å². The van der Waals surface area contributed by atoms with Gasteiger partial charge in [0.1, 0.15) is 11.5 Å². The maximum Gasteiger partial charge on any atom is 0.311 e. The minimum absolute atomic E-state index is 0.0592. The Hall–Kier alpha value is -2.65. The summed E-state index contributed by atoms with van der Waals surface area (Å²) in [4.78, 5) is 32.2. The zero-order valence-electron chi connectivity index (χ0n) is 14.4. The lowest BCUT2D eigenvalue weighted by molar-refractivity contribution is -0.142. The Morgan fingerprint density at radius 3 is 2.78 bits per heavy atom. The number of benzene rings is 1. The van der Waals surface area contributed by atoms with Crippen molar-refractivity contribution in [2.24, 2.45) is 0 Å². The summed E-state index contributed by atoms with van der Waals surface area (Å²) in [7, 11) is 0. The van der Waals surface area contributed by atoms with Gasteiger partial charge in [0, 0.05) is 17.2 Å². The fourth-order valence-corrected chi connectivity index (χ4v) is 3.77. The molecule has 1 aromatic carbocycles. The highest BCUT2D eigenvalue weighted by atomic mass is 32.1. The van der Waals surface area contributed by atoms with Gasteiger partial charge in [0.2, 0.25) is 0 Å². The molecule has 0 aliphatic rings. The first-order valence-corrected chi connectivity index (χ1v) is 9.90. The lowest BCUT2D eigenvalue weighted by atomic mass is 10.1. The van der Waals surface area contributed by atoms with Crippen LogP contribution in [-0.4, -0.2) is 28.5 Å². The predicted octanol–water partition coefficient (Wildman–Crippen LogP) is 3.69. The number of halogens is 1. The summed E-state index contributed by atoms with van der Waals surface area (Å²) < 4.78 is 18.6. The maximum atomic E-state index is 13.7. The molecule has 0 unspecified atom stereocenters. The molecule has 2 aromatic heterocycles. The number of esters is 1. The highest BCUT2D eigenvalue weighted by Gasteiger charge is 2.15. The smallest absolute Gasteiger partial charge is 0.311 e. The molecule has 3 aromatic rings. The molecule has 9 heteroatoms. The largest absolute Gasteiger partial charge is 0.466 e. The van der Waals surface area contributed by atoms with E-state index in [2.05, 4.69) is 15.3 Å². The van der Waals surface area contributed by atoms with Gasteiger partial charge in [-0.3, -0.25) is 14.9 Å². The fraction of sp³-hybridized carbons (Fsp3) is 0.222. The summed E-state index contributed by atoms with van der Waals surface area (Å²) in [6.45, 7) is 2.05. The van der Waals surface area contributed by atoms with E-state index in [0.717, 1.165) is 0 Å². The maximum absolute atomic E-state index is 13.7. The normalized spacial score (nSPS) is 10.6. The Labute approximate surface area is 163 Å². The van der Waals surface area contributed by atoms with Gasteiger partial charge in [-0.2, -0.15) is 0 Å². The fourth-order valence-electron chi connectivity index (χ4n) is 2.27. The number of thiazole rings is 2. The number of aromatic nitrogens is 2. The Balaban J connectivity index is 1.60. The molecule has 0 aliphatic carbocycles. The van der Waals surface area contributed by atoms with Gasteiger partial charge in [-0.1, -0.05) is 18.2 Å². The Morgan fingerprint density at radius 1 is 1.19 bits per heavy atom. The van der Waals surface area contributed by atoms with Crippen LogP contribution in [0.15, 0.2) is 35.0 Å². The first-order valence-electron chi connectivity index (χ1n) is 8.14. The molecule has 27 heavy (non-hydrogen) atoms. The quantitative estimate of drug-likeness (QED) is 0.607. The van der Waals surface area contributed by atoms with Crippen LogP contribution >= 0.6 is 22.7 Å². The number of carbonyl (C=O) groups is 2. The van der Waals surface area contributed by atoms with E-state index in [0.29, 0.717) is 34.4 Å². The second-order valence-corrected chi connectivity index (χ2v) is 7.28. The summed E-state index contributed by atoms with van der Waals surface area (Å²) in [6.07, 6.45) is 0.384. The highest BCUT2D eigenvalue weighted by Crippen LogP contribution is 2.20. The number of amides is 1. The van der Waals surface area contributed by atoms with Gasteiger partial charge in [-0.05, 0) is 18.6 Å². The van der Waals surface area contributed by atoms with Gasteiger partial charge in [-0.15, -0.1) is 22.7 Å². The summed E-state index contributed by atoms with van der Waals surface area (Å²) in [5.74, 6) is -1.06. The molecule has 1 N–H and O–H groups in total. The second-order valence-electron chi connectivity index (χ2n) is 5.47. The topological polar surface area (TPSA) is 81.2 Å². The van der Waals surface area contributed by atoms with Crippen molar-refractivity contribution in [1.29, 1.82) is 0 Å². The van der Waals surface area contributed by atoms with E-state index in [1.807, 2.05) is 0 Å². The van der Waals surface area contributed by atoms with E-state index < -0.39 is 5.91 Å². The van der Waals surface area contributed by atoms with Gasteiger partial charge >= 0.3 is 5.97 Å². The van der Waals surface area contributed by atoms with Crippen LogP contribution in [0, 0.1) is 5.82 Å². The number of rotatable bonds is 7. The van der Waals surface area contributed by atoms with Crippen molar-refractivity contribution in [3.8, 4) is 0 Å². The number of nitrogens with one attached hydrogen (secondary N) is 1. The van der Waals surface area contributed by atoms with Crippen molar-refractivity contribution in [2.45, 2.75) is 19.8 Å². The number of ether oxygens (including phenoxy) is 1. The van der Waals surface area contributed by atoms with Crippen LogP contribution in [0.25, 0.3) is 0 Å². The molecular weight excluding hydrogens is 389 g/mol. The van der Waals surface area contributed by atoms with E-state index in [9.17, 15) is 14.0 Å². The monoisotopic (exact) mass is 405 g/mol. The van der Waals surface area contributed by atoms with Crippen molar-refractivity contribution in [1.82, 2.24) is 9.97 Å². The van der Waals surface area contributed by atoms with Crippen LogP contribution in [-0.2, 0) is 22.4 Å². The van der Waals surface area contributed by atoms with Crippen LogP contribution in [0.3, 0.4) is 0 Å². The molecule has 0 atom stereocenters. The minimum atomic E-state index is -0.400. The first kappa shape index (κ1) is 19.1. The third-order valence-corrected chi connectivity index (χ3v) is 5.14. The Kier molecular flexibility index (Phi) is 6.25. The first-order chi connectivity index (χ1) is 13.0. The van der Waals surface area contributed by atoms with Crippen LogP contribution in [0.4, 0.5) is 9.52 Å². The van der Waals surface area contributed by atoms with Gasteiger partial charge < -0.3 is 4.74 Å². The predicted molar refractivity (Wildman–Crippen MR) is 102 cm³/mol. The number of nitrogens with zero attached hydrogens (tertiary/aromatic N) is 2. The van der Waals surface area contributed by atoms with Crippen molar-refractivity contribution in [2.75, 3.05) is 11.9 Å². The van der Waals surface area contributed by atoms with Crippen LogP contribution in [0.5, 0.6) is 0 Å². The van der Waals surface area contributed by atoms with E-state index in [1.165, 1.54) is 28.7 Å². The van der Waals surface area contributed by atoms with Crippen LogP contribution < -0.4 is 5.32 Å². The van der Waals surface area contributed by atoms with E-state index in [-0.39, 0.29) is 23.9 Å². The van der Waals surface area contributed by atoms with Crippen molar-refractivity contribution < 1.29 is 18.7 Å². The second kappa shape index (κ2) is 8.83. The Morgan fingerprint density at radius 2 is 2.00 bits per heavy atom. The summed E-state index contributed by atoms with van der Waals surface area (Å²) in [5, 5.41) is 7.00. The van der Waals surface area contributed by atoms with Crippen LogP contribution in [0.2, 0.25) is 0 Å². The molecule has 140 valence electrons.